The van der Waals surface area contributed by atoms with Gasteiger partial charge >= 0.3 is 0 Å². The third kappa shape index (κ3) is 10.3. The fourth-order valence-corrected chi connectivity index (χ4v) is 5.49. The maximum Gasteiger partial charge on any atom is 0.222 e. The van der Waals surface area contributed by atoms with Gasteiger partial charge in [-0.15, -0.1) is 0 Å². The summed E-state index contributed by atoms with van der Waals surface area (Å²) in [5, 5.41) is 3.12. The predicted octanol–water partition coefficient (Wildman–Crippen LogP) is 6.85. The standard InChI is InChI=1S/C39H45NO6/c1-29(2)23-35(41)40-39-38(45-27-33-21-13-6-14-22-33)37(44-26-32-19-11-5-12-20-32)36(43-25-31-17-9-4-10-18-31)34(46-39)28-42-24-30-15-7-3-8-16-30/h3-22,29,34,36-39H,23-28H2,1-2H3,(H,40,41)/t34-,36-,37+,38-,39-/m1/s1. The van der Waals surface area contributed by atoms with Crippen LogP contribution < -0.4 is 5.32 Å². The molecule has 7 nitrogen and oxygen atoms in total. The van der Waals surface area contributed by atoms with E-state index in [4.69, 9.17) is 23.7 Å². The van der Waals surface area contributed by atoms with Crippen LogP contribution in [0.3, 0.4) is 0 Å². The van der Waals surface area contributed by atoms with E-state index in [1.165, 1.54) is 0 Å². The van der Waals surface area contributed by atoms with Crippen LogP contribution in [0.15, 0.2) is 121 Å². The van der Waals surface area contributed by atoms with E-state index >= 15 is 0 Å². The van der Waals surface area contributed by atoms with Crippen LogP contribution >= 0.6 is 0 Å². The Balaban J connectivity index is 1.45. The van der Waals surface area contributed by atoms with Gasteiger partial charge in [0.25, 0.3) is 0 Å². The first kappa shape index (κ1) is 33.5. The van der Waals surface area contributed by atoms with Crippen molar-refractivity contribution in [3.8, 4) is 0 Å². The highest BCUT2D eigenvalue weighted by molar-refractivity contribution is 5.76. The van der Waals surface area contributed by atoms with Crippen LogP contribution in [0.5, 0.6) is 0 Å². The van der Waals surface area contributed by atoms with Gasteiger partial charge < -0.3 is 29.0 Å². The first-order valence-electron chi connectivity index (χ1n) is 16.1. The number of benzene rings is 4. The Bertz CT molecular complexity index is 1420. The second-order valence-corrected chi connectivity index (χ2v) is 12.0. The highest BCUT2D eigenvalue weighted by Gasteiger charge is 2.49. The molecule has 4 aromatic rings. The minimum Gasteiger partial charge on any atom is -0.374 e. The van der Waals surface area contributed by atoms with Crippen molar-refractivity contribution < 1.29 is 28.5 Å². The molecule has 1 N–H and O–H groups in total. The Labute approximate surface area is 272 Å². The van der Waals surface area contributed by atoms with Crippen molar-refractivity contribution in [2.75, 3.05) is 6.61 Å². The van der Waals surface area contributed by atoms with Crippen molar-refractivity contribution in [2.24, 2.45) is 5.92 Å². The minimum absolute atomic E-state index is 0.109. The van der Waals surface area contributed by atoms with Gasteiger partial charge in [-0.25, -0.2) is 0 Å². The summed E-state index contributed by atoms with van der Waals surface area (Å²) in [6.45, 7) is 5.70. The van der Waals surface area contributed by atoms with Gasteiger partial charge in [0, 0.05) is 6.42 Å². The zero-order valence-corrected chi connectivity index (χ0v) is 26.7. The molecule has 0 spiro atoms. The molecule has 242 valence electrons. The van der Waals surface area contributed by atoms with E-state index in [2.05, 4.69) is 5.32 Å². The van der Waals surface area contributed by atoms with Gasteiger partial charge in [-0.1, -0.05) is 135 Å². The molecule has 0 saturated carbocycles. The number of hydrogen-bond donors (Lipinski definition) is 1. The summed E-state index contributed by atoms with van der Waals surface area (Å²) in [5.74, 6) is 0.0760. The van der Waals surface area contributed by atoms with Crippen molar-refractivity contribution in [3.63, 3.8) is 0 Å². The second-order valence-electron chi connectivity index (χ2n) is 12.0. The Morgan fingerprint density at radius 2 is 1.02 bits per heavy atom. The molecule has 0 aliphatic carbocycles. The zero-order chi connectivity index (χ0) is 32.0. The molecule has 0 radical (unpaired) electrons. The Morgan fingerprint density at radius 3 is 1.48 bits per heavy atom. The second kappa shape index (κ2) is 17.7. The zero-order valence-electron chi connectivity index (χ0n) is 26.7. The fraction of sp³-hybridized carbons (Fsp3) is 0.359. The van der Waals surface area contributed by atoms with E-state index in [0.717, 1.165) is 22.3 Å². The molecular formula is C39H45NO6. The number of nitrogens with one attached hydrogen (secondary N) is 1. The summed E-state index contributed by atoms with van der Waals surface area (Å²) in [5.41, 5.74) is 4.12. The van der Waals surface area contributed by atoms with E-state index in [9.17, 15) is 4.79 Å². The van der Waals surface area contributed by atoms with Crippen LogP contribution in [0.1, 0.15) is 42.5 Å². The molecule has 4 aromatic carbocycles. The lowest BCUT2D eigenvalue weighted by Gasteiger charge is -2.46. The minimum atomic E-state index is -0.780. The van der Waals surface area contributed by atoms with Crippen LogP contribution in [-0.4, -0.2) is 43.2 Å². The van der Waals surface area contributed by atoms with Gasteiger partial charge in [0.15, 0.2) is 6.23 Å². The van der Waals surface area contributed by atoms with Gasteiger partial charge in [-0.05, 0) is 28.2 Å². The summed E-state index contributed by atoms with van der Waals surface area (Å²) in [7, 11) is 0. The van der Waals surface area contributed by atoms with E-state index in [0.29, 0.717) is 32.8 Å². The average molecular weight is 624 g/mol. The number of hydrogen-bond acceptors (Lipinski definition) is 6. The molecule has 0 bridgehead atoms. The van der Waals surface area contributed by atoms with Gasteiger partial charge in [-0.3, -0.25) is 4.79 Å². The van der Waals surface area contributed by atoms with Gasteiger partial charge in [0.1, 0.15) is 24.4 Å². The molecule has 1 aliphatic rings. The maximum atomic E-state index is 13.2. The van der Waals surface area contributed by atoms with Gasteiger partial charge in [0.05, 0.1) is 33.0 Å². The largest absolute Gasteiger partial charge is 0.374 e. The number of carbonyl (C=O) groups excluding carboxylic acids is 1. The lowest BCUT2D eigenvalue weighted by molar-refractivity contribution is -0.277. The Hall–Kier alpha value is -3.85. The van der Waals surface area contributed by atoms with Crippen LogP contribution in [0.4, 0.5) is 0 Å². The molecule has 5 rings (SSSR count). The SMILES string of the molecule is CC(C)CC(=O)N[C@@H]1O[C@H](COCc2ccccc2)[C@@H](OCc2ccccc2)[C@H](OCc2ccccc2)[C@H]1OCc1ccccc1. The predicted molar refractivity (Wildman–Crippen MR) is 177 cm³/mol. The summed E-state index contributed by atoms with van der Waals surface area (Å²) in [6.07, 6.45) is -2.77. The molecule has 1 heterocycles. The third-order valence-electron chi connectivity index (χ3n) is 7.78. The van der Waals surface area contributed by atoms with E-state index in [-0.39, 0.29) is 18.4 Å². The summed E-state index contributed by atoms with van der Waals surface area (Å²) in [4.78, 5) is 13.2. The van der Waals surface area contributed by atoms with Crippen LogP contribution in [0.25, 0.3) is 0 Å². The number of amides is 1. The normalized spacial score (nSPS) is 21.2. The van der Waals surface area contributed by atoms with Gasteiger partial charge in [-0.2, -0.15) is 0 Å². The number of carbonyl (C=O) groups is 1. The molecule has 0 aromatic heterocycles. The number of ether oxygens (including phenoxy) is 5. The van der Waals surface area contributed by atoms with Crippen LogP contribution in [0.2, 0.25) is 0 Å². The maximum absolute atomic E-state index is 13.2. The summed E-state index contributed by atoms with van der Waals surface area (Å²) >= 11 is 0. The summed E-state index contributed by atoms with van der Waals surface area (Å²) in [6, 6.07) is 40.0. The first-order valence-corrected chi connectivity index (χ1v) is 16.1. The van der Waals surface area contributed by atoms with Crippen LogP contribution in [-0.2, 0) is 54.9 Å². The molecule has 1 fully saturated rings. The molecule has 5 atom stereocenters. The quantitative estimate of drug-likeness (QED) is 0.147. The lowest BCUT2D eigenvalue weighted by Crippen LogP contribution is -2.65. The lowest BCUT2D eigenvalue weighted by atomic mass is 9.96. The van der Waals surface area contributed by atoms with E-state index < -0.39 is 30.6 Å². The smallest absolute Gasteiger partial charge is 0.222 e. The molecule has 1 aliphatic heterocycles. The fourth-order valence-electron chi connectivity index (χ4n) is 5.49. The molecule has 1 saturated heterocycles. The van der Waals surface area contributed by atoms with Crippen molar-refractivity contribution in [3.05, 3.63) is 144 Å². The highest BCUT2D eigenvalue weighted by atomic mass is 16.6. The molecule has 7 heteroatoms. The first-order chi connectivity index (χ1) is 22.5. The Morgan fingerprint density at radius 1 is 0.609 bits per heavy atom. The van der Waals surface area contributed by atoms with Crippen molar-refractivity contribution in [1.82, 2.24) is 5.32 Å². The van der Waals surface area contributed by atoms with E-state index in [1.54, 1.807) is 0 Å². The Kier molecular flexibility index (Phi) is 12.9. The van der Waals surface area contributed by atoms with E-state index in [1.807, 2.05) is 135 Å². The average Bonchev–Trinajstić information content (AvgIpc) is 3.08. The number of rotatable bonds is 16. The van der Waals surface area contributed by atoms with Gasteiger partial charge in [0.2, 0.25) is 5.91 Å². The van der Waals surface area contributed by atoms with Crippen molar-refractivity contribution >= 4 is 5.91 Å². The van der Waals surface area contributed by atoms with Crippen molar-refractivity contribution in [1.29, 1.82) is 0 Å². The molecular weight excluding hydrogens is 578 g/mol. The highest BCUT2D eigenvalue weighted by Crippen LogP contribution is 2.30. The van der Waals surface area contributed by atoms with Crippen LogP contribution in [0, 0.1) is 5.92 Å². The summed E-state index contributed by atoms with van der Waals surface area (Å²) < 4.78 is 32.9. The molecule has 1 amide bonds. The monoisotopic (exact) mass is 623 g/mol. The molecule has 0 unspecified atom stereocenters. The van der Waals surface area contributed by atoms with Crippen molar-refractivity contribution in [2.45, 2.75) is 77.3 Å². The molecule has 46 heavy (non-hydrogen) atoms. The third-order valence-corrected chi connectivity index (χ3v) is 7.78. The topological polar surface area (TPSA) is 75.3 Å².